The van der Waals surface area contributed by atoms with Crippen LogP contribution in [-0.4, -0.2) is 28.3 Å². The van der Waals surface area contributed by atoms with Crippen molar-refractivity contribution in [2.24, 2.45) is 0 Å². The van der Waals surface area contributed by atoms with Gasteiger partial charge in [-0.2, -0.15) is 5.10 Å². The molecule has 0 bridgehead atoms. The Balaban J connectivity index is 2.09. The van der Waals surface area contributed by atoms with Crippen LogP contribution in [0.5, 0.6) is 0 Å². The fourth-order valence-electron chi connectivity index (χ4n) is 1.76. The van der Waals surface area contributed by atoms with Gasteiger partial charge in [0.1, 0.15) is 0 Å². The molecule has 1 aromatic carbocycles. The van der Waals surface area contributed by atoms with E-state index in [1.807, 2.05) is 47.3 Å². The molecule has 1 heterocycles. The third-order valence-electron chi connectivity index (χ3n) is 2.55. The summed E-state index contributed by atoms with van der Waals surface area (Å²) in [4.78, 5) is 2.19. The average molecular weight is 227 g/mol. The molecule has 17 heavy (non-hydrogen) atoms. The molecule has 3 nitrogen and oxygen atoms in total. The van der Waals surface area contributed by atoms with Crippen LogP contribution in [0.4, 0.5) is 0 Å². The van der Waals surface area contributed by atoms with E-state index < -0.39 is 0 Å². The highest BCUT2D eigenvalue weighted by molar-refractivity contribution is 5.30. The van der Waals surface area contributed by atoms with Gasteiger partial charge in [-0.05, 0) is 19.2 Å². The maximum atomic E-state index is 4.36. The Morgan fingerprint density at radius 2 is 2.12 bits per heavy atom. The molecule has 1 aromatic heterocycles. The van der Waals surface area contributed by atoms with Crippen molar-refractivity contribution < 1.29 is 0 Å². The Morgan fingerprint density at radius 1 is 1.35 bits per heavy atom. The molecule has 0 amide bonds. The van der Waals surface area contributed by atoms with Gasteiger partial charge in [0, 0.05) is 24.8 Å². The van der Waals surface area contributed by atoms with Gasteiger partial charge in [0.05, 0.1) is 11.9 Å². The topological polar surface area (TPSA) is 21.1 Å². The van der Waals surface area contributed by atoms with Crippen molar-refractivity contribution in [3.63, 3.8) is 0 Å². The van der Waals surface area contributed by atoms with Crippen LogP contribution in [0.3, 0.4) is 0 Å². The van der Waals surface area contributed by atoms with E-state index in [0.717, 1.165) is 18.8 Å². The van der Waals surface area contributed by atoms with Gasteiger partial charge in [-0.15, -0.1) is 6.58 Å². The zero-order valence-corrected chi connectivity index (χ0v) is 10.1. The molecule has 0 unspecified atom stereocenters. The van der Waals surface area contributed by atoms with Crippen molar-refractivity contribution >= 4 is 0 Å². The molecule has 0 atom stereocenters. The van der Waals surface area contributed by atoms with Crippen LogP contribution in [0.2, 0.25) is 0 Å². The fraction of sp³-hybridized carbons (Fsp3) is 0.214. The second-order valence-corrected chi connectivity index (χ2v) is 4.11. The first-order valence-electron chi connectivity index (χ1n) is 5.68. The van der Waals surface area contributed by atoms with Crippen LogP contribution < -0.4 is 0 Å². The number of aromatic nitrogens is 2. The lowest BCUT2D eigenvalue weighted by Gasteiger charge is -2.11. The molecule has 0 radical (unpaired) electrons. The Hall–Kier alpha value is -1.87. The summed E-state index contributed by atoms with van der Waals surface area (Å²) < 4.78 is 1.90. The first kappa shape index (κ1) is 11.6. The molecule has 2 rings (SSSR count). The van der Waals surface area contributed by atoms with Crippen molar-refractivity contribution in [3.8, 4) is 5.69 Å². The molecule has 2 aromatic rings. The molecule has 0 N–H and O–H groups in total. The molecule has 0 spiro atoms. The summed E-state index contributed by atoms with van der Waals surface area (Å²) in [5, 5.41) is 4.36. The van der Waals surface area contributed by atoms with E-state index in [4.69, 9.17) is 0 Å². The summed E-state index contributed by atoms with van der Waals surface area (Å²) in [6.07, 6.45) is 5.88. The number of para-hydroxylation sites is 1. The third kappa shape index (κ3) is 3.04. The Morgan fingerprint density at radius 3 is 2.82 bits per heavy atom. The lowest BCUT2D eigenvalue weighted by molar-refractivity contribution is 0.363. The van der Waals surface area contributed by atoms with Crippen LogP contribution in [-0.2, 0) is 6.54 Å². The van der Waals surface area contributed by atoms with Crippen molar-refractivity contribution in [1.29, 1.82) is 0 Å². The Bertz CT molecular complexity index is 473. The van der Waals surface area contributed by atoms with Gasteiger partial charge in [0.15, 0.2) is 0 Å². The number of hydrogen-bond donors (Lipinski definition) is 0. The van der Waals surface area contributed by atoms with Crippen molar-refractivity contribution in [1.82, 2.24) is 14.7 Å². The SMILES string of the molecule is C=CCN(C)Cc1cnn(-c2ccccc2)c1. The summed E-state index contributed by atoms with van der Waals surface area (Å²) in [5.74, 6) is 0. The average Bonchev–Trinajstić information content (AvgIpc) is 2.79. The maximum absolute atomic E-state index is 4.36. The van der Waals surface area contributed by atoms with Crippen molar-refractivity contribution in [2.75, 3.05) is 13.6 Å². The molecular weight excluding hydrogens is 210 g/mol. The predicted molar refractivity (Wildman–Crippen MR) is 70.1 cm³/mol. The minimum Gasteiger partial charge on any atom is -0.298 e. The molecule has 0 saturated heterocycles. The van der Waals surface area contributed by atoms with E-state index in [-0.39, 0.29) is 0 Å². The second kappa shape index (κ2) is 5.46. The smallest absolute Gasteiger partial charge is 0.0645 e. The molecule has 0 aliphatic rings. The minimum absolute atomic E-state index is 0.885. The molecule has 0 aliphatic heterocycles. The normalized spacial score (nSPS) is 10.7. The maximum Gasteiger partial charge on any atom is 0.0645 e. The van der Waals surface area contributed by atoms with Crippen LogP contribution in [0.25, 0.3) is 5.69 Å². The van der Waals surface area contributed by atoms with Crippen LogP contribution in [0, 0.1) is 0 Å². The number of hydrogen-bond acceptors (Lipinski definition) is 2. The second-order valence-electron chi connectivity index (χ2n) is 4.11. The highest BCUT2D eigenvalue weighted by Gasteiger charge is 2.02. The predicted octanol–water partition coefficient (Wildman–Crippen LogP) is 2.49. The molecule has 0 aliphatic carbocycles. The Kier molecular flexibility index (Phi) is 3.73. The van der Waals surface area contributed by atoms with E-state index in [0.29, 0.717) is 0 Å². The van der Waals surface area contributed by atoms with E-state index >= 15 is 0 Å². The van der Waals surface area contributed by atoms with Crippen molar-refractivity contribution in [3.05, 3.63) is 60.9 Å². The highest BCUT2D eigenvalue weighted by atomic mass is 15.3. The summed E-state index contributed by atoms with van der Waals surface area (Å²) >= 11 is 0. The Labute approximate surface area is 102 Å². The summed E-state index contributed by atoms with van der Waals surface area (Å²) in [7, 11) is 2.07. The molecular formula is C14H17N3. The zero-order valence-electron chi connectivity index (χ0n) is 10.1. The monoisotopic (exact) mass is 227 g/mol. The quantitative estimate of drug-likeness (QED) is 0.732. The van der Waals surface area contributed by atoms with Gasteiger partial charge in [-0.25, -0.2) is 4.68 Å². The summed E-state index contributed by atoms with van der Waals surface area (Å²) in [6, 6.07) is 10.1. The summed E-state index contributed by atoms with van der Waals surface area (Å²) in [6.45, 7) is 5.51. The van der Waals surface area contributed by atoms with Gasteiger partial charge in [-0.3, -0.25) is 4.90 Å². The summed E-state index contributed by atoms with van der Waals surface area (Å²) in [5.41, 5.74) is 2.29. The first-order chi connectivity index (χ1) is 8.29. The van der Waals surface area contributed by atoms with E-state index in [1.54, 1.807) is 0 Å². The number of benzene rings is 1. The molecule has 0 saturated carbocycles. The van der Waals surface area contributed by atoms with E-state index in [1.165, 1.54) is 5.56 Å². The van der Waals surface area contributed by atoms with Crippen LogP contribution in [0.1, 0.15) is 5.56 Å². The third-order valence-corrected chi connectivity index (χ3v) is 2.55. The number of rotatable bonds is 5. The van der Waals surface area contributed by atoms with Crippen LogP contribution >= 0.6 is 0 Å². The lowest BCUT2D eigenvalue weighted by Crippen LogP contribution is -2.16. The molecule has 0 fully saturated rings. The lowest BCUT2D eigenvalue weighted by atomic mass is 10.3. The first-order valence-corrected chi connectivity index (χ1v) is 5.68. The van der Waals surface area contributed by atoms with E-state index in [9.17, 15) is 0 Å². The molecule has 3 heteroatoms. The van der Waals surface area contributed by atoms with Gasteiger partial charge in [0.2, 0.25) is 0 Å². The number of nitrogens with zero attached hydrogens (tertiary/aromatic N) is 3. The fourth-order valence-corrected chi connectivity index (χ4v) is 1.76. The zero-order chi connectivity index (χ0) is 12.1. The van der Waals surface area contributed by atoms with Crippen molar-refractivity contribution in [2.45, 2.75) is 6.54 Å². The standard InChI is InChI=1S/C14H17N3/c1-3-9-16(2)11-13-10-15-17(12-13)14-7-5-4-6-8-14/h3-8,10,12H,1,9,11H2,2H3. The highest BCUT2D eigenvalue weighted by Crippen LogP contribution is 2.08. The largest absolute Gasteiger partial charge is 0.298 e. The number of likely N-dealkylation sites (N-methyl/N-ethyl adjacent to an activating group) is 1. The van der Waals surface area contributed by atoms with E-state index in [2.05, 4.69) is 29.8 Å². The van der Waals surface area contributed by atoms with Gasteiger partial charge < -0.3 is 0 Å². The van der Waals surface area contributed by atoms with Gasteiger partial charge in [0.25, 0.3) is 0 Å². The van der Waals surface area contributed by atoms with Gasteiger partial charge in [-0.1, -0.05) is 24.3 Å². The molecule has 88 valence electrons. The van der Waals surface area contributed by atoms with Gasteiger partial charge >= 0.3 is 0 Å². The van der Waals surface area contributed by atoms with Crippen LogP contribution in [0.15, 0.2) is 55.4 Å². The minimum atomic E-state index is 0.885.